The van der Waals surface area contributed by atoms with Gasteiger partial charge in [-0.15, -0.1) is 11.3 Å². The SMILES string of the molecule is CCC1CN(C(=O)c2cc3ccc(F)cc3s2)CCC1=O. The second-order valence-corrected chi connectivity index (χ2v) is 6.45. The molecule has 3 rings (SSSR count). The average Bonchev–Trinajstić information content (AvgIpc) is 2.90. The molecule has 1 fully saturated rings. The standard InChI is InChI=1S/C16H16FNO2S/c1-2-10-9-18(6-5-13(10)19)16(20)15-7-11-3-4-12(17)8-14(11)21-15/h3-4,7-8,10H,2,5-6,9H2,1H3. The van der Waals surface area contributed by atoms with E-state index < -0.39 is 0 Å². The van der Waals surface area contributed by atoms with Gasteiger partial charge < -0.3 is 4.90 Å². The van der Waals surface area contributed by atoms with Crippen molar-refractivity contribution >= 4 is 33.1 Å². The Labute approximate surface area is 126 Å². The van der Waals surface area contributed by atoms with Crippen LogP contribution in [0.2, 0.25) is 0 Å². The number of carbonyl (C=O) groups is 2. The first-order chi connectivity index (χ1) is 10.1. The molecular weight excluding hydrogens is 289 g/mol. The van der Waals surface area contributed by atoms with Crippen LogP contribution in [0.1, 0.15) is 29.4 Å². The number of carbonyl (C=O) groups excluding carboxylic acids is 2. The molecule has 110 valence electrons. The Bertz CT molecular complexity index is 709. The third kappa shape index (κ3) is 2.70. The number of amides is 1. The van der Waals surface area contributed by atoms with Crippen molar-refractivity contribution in [3.05, 3.63) is 35.0 Å². The molecule has 1 atom stereocenters. The van der Waals surface area contributed by atoms with Gasteiger partial charge in [-0.2, -0.15) is 0 Å². The molecule has 1 aromatic carbocycles. The van der Waals surface area contributed by atoms with Gasteiger partial charge in [0.25, 0.3) is 5.91 Å². The van der Waals surface area contributed by atoms with Gasteiger partial charge in [-0.1, -0.05) is 13.0 Å². The van der Waals surface area contributed by atoms with Gasteiger partial charge in [0.05, 0.1) is 4.88 Å². The smallest absolute Gasteiger partial charge is 0.263 e. The van der Waals surface area contributed by atoms with E-state index in [1.54, 1.807) is 17.0 Å². The summed E-state index contributed by atoms with van der Waals surface area (Å²) < 4.78 is 14.0. The minimum absolute atomic E-state index is 0.0467. The lowest BCUT2D eigenvalue weighted by Gasteiger charge is -2.31. The normalized spacial score (nSPS) is 19.2. The molecule has 1 aliphatic rings. The van der Waals surface area contributed by atoms with E-state index in [0.717, 1.165) is 16.5 Å². The molecule has 1 saturated heterocycles. The number of thiophene rings is 1. The molecule has 1 aliphatic heterocycles. The van der Waals surface area contributed by atoms with Crippen LogP contribution in [0.3, 0.4) is 0 Å². The third-order valence-electron chi connectivity index (χ3n) is 4.00. The quantitative estimate of drug-likeness (QED) is 0.852. The number of ketones is 1. The molecule has 1 unspecified atom stereocenters. The molecule has 5 heteroatoms. The molecule has 0 radical (unpaired) electrons. The van der Waals surface area contributed by atoms with Crippen LogP contribution in [0.5, 0.6) is 0 Å². The van der Waals surface area contributed by atoms with Gasteiger partial charge >= 0.3 is 0 Å². The van der Waals surface area contributed by atoms with Crippen molar-refractivity contribution in [2.75, 3.05) is 13.1 Å². The Morgan fingerprint density at radius 2 is 2.24 bits per heavy atom. The Hall–Kier alpha value is -1.75. The maximum Gasteiger partial charge on any atom is 0.263 e. The number of hydrogen-bond donors (Lipinski definition) is 0. The van der Waals surface area contributed by atoms with Gasteiger partial charge in [-0.25, -0.2) is 4.39 Å². The molecule has 0 N–H and O–H groups in total. The van der Waals surface area contributed by atoms with E-state index in [0.29, 0.717) is 24.4 Å². The van der Waals surface area contributed by atoms with E-state index >= 15 is 0 Å². The highest BCUT2D eigenvalue weighted by Gasteiger charge is 2.29. The Kier molecular flexibility index (Phi) is 3.76. The van der Waals surface area contributed by atoms with Gasteiger partial charge in [0.1, 0.15) is 11.6 Å². The Balaban J connectivity index is 1.84. The van der Waals surface area contributed by atoms with E-state index in [4.69, 9.17) is 0 Å². The summed E-state index contributed by atoms with van der Waals surface area (Å²) in [5.41, 5.74) is 0. The fraction of sp³-hybridized carbons (Fsp3) is 0.375. The summed E-state index contributed by atoms with van der Waals surface area (Å²) in [4.78, 5) is 26.6. The fourth-order valence-corrected chi connectivity index (χ4v) is 3.77. The monoisotopic (exact) mass is 305 g/mol. The second kappa shape index (κ2) is 5.56. The number of benzene rings is 1. The Morgan fingerprint density at radius 3 is 3.00 bits per heavy atom. The average molecular weight is 305 g/mol. The number of hydrogen-bond acceptors (Lipinski definition) is 3. The van der Waals surface area contributed by atoms with Crippen LogP contribution in [-0.2, 0) is 4.79 Å². The van der Waals surface area contributed by atoms with Gasteiger partial charge in [0.15, 0.2) is 0 Å². The van der Waals surface area contributed by atoms with E-state index in [2.05, 4.69) is 0 Å². The number of piperidine rings is 1. The van der Waals surface area contributed by atoms with Crippen LogP contribution < -0.4 is 0 Å². The van der Waals surface area contributed by atoms with Gasteiger partial charge in [0, 0.05) is 30.1 Å². The molecule has 2 aromatic rings. The first kappa shape index (κ1) is 14.2. The molecule has 2 heterocycles. The molecule has 0 aliphatic carbocycles. The van der Waals surface area contributed by atoms with Crippen molar-refractivity contribution in [1.82, 2.24) is 4.90 Å². The van der Waals surface area contributed by atoms with Crippen molar-refractivity contribution in [3.63, 3.8) is 0 Å². The highest BCUT2D eigenvalue weighted by molar-refractivity contribution is 7.20. The minimum atomic E-state index is -0.294. The Morgan fingerprint density at radius 1 is 1.43 bits per heavy atom. The zero-order chi connectivity index (χ0) is 15.0. The second-order valence-electron chi connectivity index (χ2n) is 5.37. The van der Waals surface area contributed by atoms with Crippen LogP contribution in [0.25, 0.3) is 10.1 Å². The molecule has 1 amide bonds. The number of rotatable bonds is 2. The largest absolute Gasteiger partial charge is 0.337 e. The lowest BCUT2D eigenvalue weighted by Crippen LogP contribution is -2.43. The fourth-order valence-electron chi connectivity index (χ4n) is 2.72. The van der Waals surface area contributed by atoms with Gasteiger partial charge in [-0.3, -0.25) is 9.59 Å². The first-order valence-corrected chi connectivity index (χ1v) is 7.91. The zero-order valence-corrected chi connectivity index (χ0v) is 12.6. The lowest BCUT2D eigenvalue weighted by atomic mass is 9.94. The maximum absolute atomic E-state index is 13.2. The third-order valence-corrected chi connectivity index (χ3v) is 5.08. The van der Waals surface area contributed by atoms with E-state index in [1.807, 2.05) is 6.92 Å². The van der Waals surface area contributed by atoms with Crippen molar-refractivity contribution in [2.24, 2.45) is 5.92 Å². The predicted molar refractivity (Wildman–Crippen MR) is 81.1 cm³/mol. The van der Waals surface area contributed by atoms with Crippen molar-refractivity contribution in [2.45, 2.75) is 19.8 Å². The van der Waals surface area contributed by atoms with Gasteiger partial charge in [-0.05, 0) is 30.0 Å². The molecule has 0 spiro atoms. The molecule has 1 aromatic heterocycles. The summed E-state index contributed by atoms with van der Waals surface area (Å²) in [6, 6.07) is 6.34. The number of halogens is 1. The van der Waals surface area contributed by atoms with Gasteiger partial charge in [0.2, 0.25) is 0 Å². The van der Waals surface area contributed by atoms with E-state index in [-0.39, 0.29) is 23.4 Å². The summed E-state index contributed by atoms with van der Waals surface area (Å²) in [5, 5.41) is 0.880. The summed E-state index contributed by atoms with van der Waals surface area (Å²) in [5.74, 6) is -0.144. The van der Waals surface area contributed by atoms with Crippen LogP contribution in [0.4, 0.5) is 4.39 Å². The summed E-state index contributed by atoms with van der Waals surface area (Å²) in [7, 11) is 0. The van der Waals surface area contributed by atoms with Crippen LogP contribution in [-0.4, -0.2) is 29.7 Å². The molecule has 0 saturated carbocycles. The molecule has 3 nitrogen and oxygen atoms in total. The predicted octanol–water partition coefficient (Wildman–Crippen LogP) is 3.48. The maximum atomic E-state index is 13.2. The van der Waals surface area contributed by atoms with Crippen molar-refractivity contribution < 1.29 is 14.0 Å². The summed E-state index contributed by atoms with van der Waals surface area (Å²) in [6.45, 7) is 2.95. The van der Waals surface area contributed by atoms with Crippen LogP contribution >= 0.6 is 11.3 Å². The summed E-state index contributed by atoms with van der Waals surface area (Å²) >= 11 is 1.31. The number of likely N-dealkylation sites (tertiary alicyclic amines) is 1. The minimum Gasteiger partial charge on any atom is -0.337 e. The number of Topliss-reactive ketones (excluding diaryl/α,β-unsaturated/α-hetero) is 1. The first-order valence-electron chi connectivity index (χ1n) is 7.09. The van der Waals surface area contributed by atoms with Crippen LogP contribution in [0, 0.1) is 11.7 Å². The van der Waals surface area contributed by atoms with E-state index in [1.165, 1.54) is 23.5 Å². The van der Waals surface area contributed by atoms with Crippen LogP contribution in [0.15, 0.2) is 24.3 Å². The summed E-state index contributed by atoms with van der Waals surface area (Å²) in [6.07, 6.45) is 1.20. The zero-order valence-electron chi connectivity index (χ0n) is 11.8. The highest BCUT2D eigenvalue weighted by atomic mass is 32.1. The topological polar surface area (TPSA) is 37.4 Å². The van der Waals surface area contributed by atoms with E-state index in [9.17, 15) is 14.0 Å². The van der Waals surface area contributed by atoms with Crippen molar-refractivity contribution in [3.8, 4) is 0 Å². The molecule has 21 heavy (non-hydrogen) atoms. The van der Waals surface area contributed by atoms with Crippen molar-refractivity contribution in [1.29, 1.82) is 0 Å². The number of nitrogens with zero attached hydrogens (tertiary/aromatic N) is 1. The molecule has 0 bridgehead atoms. The number of fused-ring (bicyclic) bond motifs is 1. The lowest BCUT2D eigenvalue weighted by molar-refractivity contribution is -0.125. The highest BCUT2D eigenvalue weighted by Crippen LogP contribution is 2.28. The molecular formula is C16H16FNO2S.